The molecule has 1 atom stereocenters. The Bertz CT molecular complexity index is 918. The third-order valence-corrected chi connectivity index (χ3v) is 5.57. The zero-order chi connectivity index (χ0) is 19.7. The normalized spacial score (nSPS) is 19.4. The first kappa shape index (κ1) is 18.5. The van der Waals surface area contributed by atoms with E-state index in [1.54, 1.807) is 29.2 Å². The molecule has 0 bridgehead atoms. The molecule has 0 N–H and O–H groups in total. The highest BCUT2D eigenvalue weighted by Gasteiger charge is 2.40. The summed E-state index contributed by atoms with van der Waals surface area (Å²) >= 11 is 1.00. The summed E-state index contributed by atoms with van der Waals surface area (Å²) in [5.74, 6) is 0.382. The van der Waals surface area contributed by atoms with Crippen molar-refractivity contribution in [3.8, 4) is 11.5 Å². The van der Waals surface area contributed by atoms with Crippen molar-refractivity contribution in [2.75, 3.05) is 18.8 Å². The summed E-state index contributed by atoms with van der Waals surface area (Å²) in [6.07, 6.45) is 0.579. The van der Waals surface area contributed by atoms with Gasteiger partial charge in [-0.05, 0) is 48.9 Å². The number of nitrogens with zero attached hydrogens (tertiary/aromatic N) is 2. The minimum atomic E-state index is -0.353. The number of halogens is 1. The molecule has 0 radical (unpaired) electrons. The third-order valence-electron chi connectivity index (χ3n) is 4.73. The van der Waals surface area contributed by atoms with Gasteiger partial charge in [0.15, 0.2) is 0 Å². The molecule has 2 heterocycles. The molecule has 2 saturated heterocycles. The van der Waals surface area contributed by atoms with Gasteiger partial charge < -0.3 is 9.64 Å². The maximum atomic E-state index is 13.0. The van der Waals surface area contributed by atoms with Gasteiger partial charge in [0, 0.05) is 18.7 Å². The van der Waals surface area contributed by atoms with E-state index in [4.69, 9.17) is 4.74 Å². The Morgan fingerprint density at radius 2 is 1.89 bits per heavy atom. The van der Waals surface area contributed by atoms with Crippen LogP contribution < -0.4 is 4.74 Å². The van der Waals surface area contributed by atoms with Crippen molar-refractivity contribution >= 4 is 28.8 Å². The summed E-state index contributed by atoms with van der Waals surface area (Å²) in [5.41, 5.74) is 0.453. The summed E-state index contributed by atoms with van der Waals surface area (Å²) in [6.45, 7) is 0.814. The highest BCUT2D eigenvalue weighted by atomic mass is 32.2. The number of hydrogen-bond donors (Lipinski definition) is 0. The lowest BCUT2D eigenvalue weighted by atomic mass is 10.2. The number of rotatable bonds is 4. The summed E-state index contributed by atoms with van der Waals surface area (Å²) in [7, 11) is 0. The number of amides is 3. The van der Waals surface area contributed by atoms with E-state index < -0.39 is 0 Å². The van der Waals surface area contributed by atoms with Crippen LogP contribution in [0.25, 0.3) is 0 Å². The Kier molecular flexibility index (Phi) is 5.04. The fraction of sp³-hybridized carbons (Fsp3) is 0.250. The van der Waals surface area contributed by atoms with Gasteiger partial charge in [0.05, 0.1) is 11.8 Å². The van der Waals surface area contributed by atoms with Crippen molar-refractivity contribution < 1.29 is 23.5 Å². The maximum absolute atomic E-state index is 13.0. The summed E-state index contributed by atoms with van der Waals surface area (Å²) in [5, 5.41) is -0.237. The van der Waals surface area contributed by atoms with Crippen LogP contribution in [0, 0.1) is 5.82 Å². The molecule has 144 valence electrons. The van der Waals surface area contributed by atoms with Gasteiger partial charge >= 0.3 is 0 Å². The molecule has 1 unspecified atom stereocenters. The van der Waals surface area contributed by atoms with Gasteiger partial charge in [-0.2, -0.15) is 0 Å². The first-order valence-electron chi connectivity index (χ1n) is 8.83. The Morgan fingerprint density at radius 3 is 2.61 bits per heavy atom. The quantitative estimate of drug-likeness (QED) is 0.786. The number of thioether (sulfide) groups is 1. The number of hydrogen-bond acceptors (Lipinski definition) is 5. The highest BCUT2D eigenvalue weighted by Crippen LogP contribution is 2.28. The van der Waals surface area contributed by atoms with Crippen LogP contribution in [0.2, 0.25) is 0 Å². The molecular weight excluding hydrogens is 383 g/mol. The van der Waals surface area contributed by atoms with Crippen molar-refractivity contribution in [2.45, 2.75) is 12.5 Å². The lowest BCUT2D eigenvalue weighted by Gasteiger charge is -2.22. The van der Waals surface area contributed by atoms with Crippen molar-refractivity contribution in [1.82, 2.24) is 9.80 Å². The lowest BCUT2D eigenvalue weighted by Crippen LogP contribution is -2.41. The molecule has 8 heteroatoms. The zero-order valence-corrected chi connectivity index (χ0v) is 15.7. The van der Waals surface area contributed by atoms with Gasteiger partial charge in [-0.25, -0.2) is 4.39 Å². The summed E-state index contributed by atoms with van der Waals surface area (Å²) in [4.78, 5) is 39.6. The second-order valence-corrected chi connectivity index (χ2v) is 7.52. The SMILES string of the molecule is O=C(c1cccc(Oc2ccc(F)cc2)c1)N1CCC(N2C(=O)CSC2=O)C1. The second-order valence-electron chi connectivity index (χ2n) is 6.60. The Balaban J connectivity index is 1.44. The molecule has 6 nitrogen and oxygen atoms in total. The summed E-state index contributed by atoms with van der Waals surface area (Å²) in [6, 6.07) is 12.1. The molecule has 0 aromatic heterocycles. The van der Waals surface area contributed by atoms with Gasteiger partial charge in [0.1, 0.15) is 17.3 Å². The zero-order valence-electron chi connectivity index (χ0n) is 14.8. The molecule has 2 aromatic carbocycles. The van der Waals surface area contributed by atoms with Crippen LogP contribution in [0.5, 0.6) is 11.5 Å². The minimum absolute atomic E-state index is 0.173. The lowest BCUT2D eigenvalue weighted by molar-refractivity contribution is -0.126. The standard InChI is InChI=1S/C20H17FN2O4S/c21-14-4-6-16(7-5-14)27-17-3-1-2-13(10-17)19(25)22-9-8-15(11-22)23-18(24)12-28-20(23)26/h1-7,10,15H,8-9,11-12H2. The van der Waals surface area contributed by atoms with Crippen LogP contribution in [0.4, 0.5) is 9.18 Å². The molecule has 2 fully saturated rings. The third kappa shape index (κ3) is 3.73. The number of ether oxygens (including phenoxy) is 1. The Hall–Kier alpha value is -2.87. The summed E-state index contributed by atoms with van der Waals surface area (Å²) < 4.78 is 18.7. The van der Waals surface area contributed by atoms with E-state index in [2.05, 4.69) is 0 Å². The molecule has 3 amide bonds. The van der Waals surface area contributed by atoms with E-state index in [1.165, 1.54) is 29.2 Å². The van der Waals surface area contributed by atoms with Crippen LogP contribution in [-0.2, 0) is 4.79 Å². The minimum Gasteiger partial charge on any atom is -0.457 e. The number of benzene rings is 2. The van der Waals surface area contributed by atoms with E-state index in [0.717, 1.165) is 11.8 Å². The molecule has 2 aromatic rings. The number of imide groups is 1. The predicted octanol–water partition coefficient (Wildman–Crippen LogP) is 3.53. The van der Waals surface area contributed by atoms with Crippen LogP contribution in [0.15, 0.2) is 48.5 Å². The smallest absolute Gasteiger partial charge is 0.289 e. The molecule has 0 aliphatic carbocycles. The fourth-order valence-corrected chi connectivity index (χ4v) is 4.14. The largest absolute Gasteiger partial charge is 0.457 e. The van der Waals surface area contributed by atoms with Crippen LogP contribution in [0.3, 0.4) is 0 Å². The van der Waals surface area contributed by atoms with Gasteiger partial charge in [0.25, 0.3) is 11.1 Å². The monoisotopic (exact) mass is 400 g/mol. The van der Waals surface area contributed by atoms with E-state index in [1.807, 2.05) is 0 Å². The van der Waals surface area contributed by atoms with Crippen LogP contribution >= 0.6 is 11.8 Å². The predicted molar refractivity (Wildman–Crippen MR) is 102 cm³/mol. The van der Waals surface area contributed by atoms with Gasteiger partial charge in [-0.15, -0.1) is 0 Å². The van der Waals surface area contributed by atoms with Crippen molar-refractivity contribution in [3.05, 3.63) is 59.9 Å². The van der Waals surface area contributed by atoms with Crippen molar-refractivity contribution in [1.29, 1.82) is 0 Å². The molecule has 0 saturated carbocycles. The Labute approximate surface area is 165 Å². The van der Waals surface area contributed by atoms with Crippen molar-refractivity contribution in [2.24, 2.45) is 0 Å². The topological polar surface area (TPSA) is 66.9 Å². The average Bonchev–Trinajstić information content (AvgIpc) is 3.29. The van der Waals surface area contributed by atoms with Gasteiger partial charge in [-0.3, -0.25) is 19.3 Å². The van der Waals surface area contributed by atoms with E-state index in [9.17, 15) is 18.8 Å². The van der Waals surface area contributed by atoms with Crippen LogP contribution in [0.1, 0.15) is 16.8 Å². The average molecular weight is 400 g/mol. The highest BCUT2D eigenvalue weighted by molar-refractivity contribution is 8.14. The molecule has 2 aliphatic rings. The van der Waals surface area contributed by atoms with Gasteiger partial charge in [-0.1, -0.05) is 17.8 Å². The van der Waals surface area contributed by atoms with Crippen LogP contribution in [-0.4, -0.2) is 51.7 Å². The van der Waals surface area contributed by atoms with Crippen molar-refractivity contribution in [3.63, 3.8) is 0 Å². The Morgan fingerprint density at radius 1 is 1.11 bits per heavy atom. The fourth-order valence-electron chi connectivity index (χ4n) is 3.37. The number of carbonyl (C=O) groups is 3. The van der Waals surface area contributed by atoms with E-state index >= 15 is 0 Å². The molecule has 4 rings (SSSR count). The first-order chi connectivity index (χ1) is 13.5. The van der Waals surface area contributed by atoms with Gasteiger partial charge in [0.2, 0.25) is 5.91 Å². The molecule has 28 heavy (non-hydrogen) atoms. The van der Waals surface area contributed by atoms with E-state index in [-0.39, 0.29) is 34.7 Å². The maximum Gasteiger partial charge on any atom is 0.289 e. The number of likely N-dealkylation sites (tertiary alicyclic amines) is 1. The molecule has 0 spiro atoms. The molecule has 2 aliphatic heterocycles. The first-order valence-corrected chi connectivity index (χ1v) is 9.81. The van der Waals surface area contributed by atoms with E-state index in [0.29, 0.717) is 36.6 Å². The molecular formula is C20H17FN2O4S. The second kappa shape index (κ2) is 7.63. The number of carbonyl (C=O) groups excluding carboxylic acids is 3.